The Hall–Kier alpha value is -0.880. The number of rotatable bonds is 25. The van der Waals surface area contributed by atoms with Crippen molar-refractivity contribution in [2.75, 3.05) is 92.4 Å². The highest BCUT2D eigenvalue weighted by Crippen LogP contribution is 2.00. The minimum atomic E-state index is -1.22. The molecule has 10 heteroatoms. The van der Waals surface area contributed by atoms with Crippen LogP contribution in [0.1, 0.15) is 34.1 Å². The summed E-state index contributed by atoms with van der Waals surface area (Å²) < 4.78 is 45.9. The van der Waals surface area contributed by atoms with E-state index < -0.39 is 6.17 Å². The second-order valence-corrected chi connectivity index (χ2v) is 7.90. The Morgan fingerprint density at radius 3 is 1.58 bits per heavy atom. The predicted octanol–water partition coefficient (Wildman–Crippen LogP) is 1.58. The molecule has 0 radical (unpaired) electrons. The average Bonchev–Trinajstić information content (AvgIpc) is 2.80. The van der Waals surface area contributed by atoms with Crippen molar-refractivity contribution in [1.82, 2.24) is 10.6 Å². The first-order chi connectivity index (χ1) is 16.0. The van der Waals surface area contributed by atoms with Gasteiger partial charge in [-0.15, -0.1) is 0 Å². The van der Waals surface area contributed by atoms with Crippen LogP contribution in [-0.4, -0.2) is 110 Å². The fourth-order valence-electron chi connectivity index (χ4n) is 2.36. The van der Waals surface area contributed by atoms with Gasteiger partial charge in [-0.25, -0.2) is 4.39 Å². The van der Waals surface area contributed by atoms with Crippen LogP contribution in [0.25, 0.3) is 0 Å². The Morgan fingerprint density at radius 2 is 1.15 bits per heavy atom. The van der Waals surface area contributed by atoms with Gasteiger partial charge in [0.2, 0.25) is 5.91 Å². The van der Waals surface area contributed by atoms with E-state index in [0.717, 1.165) is 13.0 Å². The molecule has 0 aromatic carbocycles. The van der Waals surface area contributed by atoms with Crippen molar-refractivity contribution in [2.24, 2.45) is 5.92 Å². The van der Waals surface area contributed by atoms with Crippen molar-refractivity contribution < 1.29 is 37.6 Å². The highest BCUT2D eigenvalue weighted by Gasteiger charge is 2.13. The van der Waals surface area contributed by atoms with Crippen LogP contribution in [0.3, 0.4) is 0 Å². The lowest BCUT2D eigenvalue weighted by atomic mass is 10.1. The van der Waals surface area contributed by atoms with Crippen molar-refractivity contribution in [3.8, 4) is 0 Å². The standard InChI is InChI=1S/C23H47FN2O7/c1-5-21(4)23(27)26-18-22(24)19-33-17-16-32-15-14-31-13-12-30-11-10-29-9-8-28-7-6-25-20(2)3/h20-22,25H,5-19H2,1-4H3,(H,26,27). The molecule has 0 aromatic heterocycles. The molecular formula is C23H47FN2O7. The van der Waals surface area contributed by atoms with E-state index in [9.17, 15) is 9.18 Å². The van der Waals surface area contributed by atoms with E-state index in [-0.39, 0.29) is 25.0 Å². The first kappa shape index (κ1) is 32.1. The zero-order valence-corrected chi connectivity index (χ0v) is 21.1. The largest absolute Gasteiger partial charge is 0.378 e. The van der Waals surface area contributed by atoms with E-state index >= 15 is 0 Å². The van der Waals surface area contributed by atoms with Crippen LogP contribution < -0.4 is 10.6 Å². The van der Waals surface area contributed by atoms with Gasteiger partial charge in [0, 0.05) is 18.5 Å². The molecule has 2 N–H and O–H groups in total. The number of carbonyl (C=O) groups excluding carboxylic acids is 1. The van der Waals surface area contributed by atoms with Gasteiger partial charge in [-0.1, -0.05) is 27.7 Å². The van der Waals surface area contributed by atoms with Crippen LogP contribution in [-0.2, 0) is 33.2 Å². The van der Waals surface area contributed by atoms with Crippen LogP contribution in [0.2, 0.25) is 0 Å². The number of amides is 1. The lowest BCUT2D eigenvalue weighted by molar-refractivity contribution is -0.124. The number of hydrogen-bond acceptors (Lipinski definition) is 8. The molecule has 0 spiro atoms. The van der Waals surface area contributed by atoms with Gasteiger partial charge < -0.3 is 39.1 Å². The van der Waals surface area contributed by atoms with Crippen LogP contribution >= 0.6 is 0 Å². The molecule has 1 amide bonds. The number of halogens is 1. The summed E-state index contributed by atoms with van der Waals surface area (Å²) in [5.41, 5.74) is 0. The SMILES string of the molecule is CCC(C)C(=O)NCC(F)COCCOCCOCCOCCOCCOCCNC(C)C. The zero-order valence-electron chi connectivity index (χ0n) is 21.1. The molecule has 198 valence electrons. The molecule has 0 aliphatic heterocycles. The van der Waals surface area contributed by atoms with E-state index in [2.05, 4.69) is 24.5 Å². The minimum absolute atomic E-state index is 0.0308. The summed E-state index contributed by atoms with van der Waals surface area (Å²) in [5.74, 6) is -0.235. The van der Waals surface area contributed by atoms with Crippen molar-refractivity contribution >= 4 is 5.91 Å². The van der Waals surface area contributed by atoms with Gasteiger partial charge in [0.15, 0.2) is 0 Å². The highest BCUT2D eigenvalue weighted by atomic mass is 19.1. The van der Waals surface area contributed by atoms with Gasteiger partial charge in [-0.05, 0) is 6.42 Å². The maximum Gasteiger partial charge on any atom is 0.222 e. The fourth-order valence-corrected chi connectivity index (χ4v) is 2.36. The molecule has 0 saturated carbocycles. The average molecular weight is 483 g/mol. The highest BCUT2D eigenvalue weighted by molar-refractivity contribution is 5.78. The lowest BCUT2D eigenvalue weighted by Gasteiger charge is -2.13. The predicted molar refractivity (Wildman–Crippen MR) is 125 cm³/mol. The monoisotopic (exact) mass is 482 g/mol. The molecule has 0 aliphatic rings. The topological polar surface area (TPSA) is 96.5 Å². The molecule has 2 unspecified atom stereocenters. The third kappa shape index (κ3) is 24.1. The van der Waals surface area contributed by atoms with Crippen LogP contribution in [0.15, 0.2) is 0 Å². The maximum absolute atomic E-state index is 13.6. The molecule has 0 fully saturated rings. The second-order valence-electron chi connectivity index (χ2n) is 7.90. The lowest BCUT2D eigenvalue weighted by Crippen LogP contribution is -2.35. The van der Waals surface area contributed by atoms with E-state index in [1.807, 2.05) is 13.8 Å². The summed E-state index contributed by atoms with van der Waals surface area (Å²) in [6.45, 7) is 14.1. The number of alkyl halides is 1. The van der Waals surface area contributed by atoms with Crippen molar-refractivity contribution in [3.05, 3.63) is 0 Å². The quantitative estimate of drug-likeness (QED) is 0.189. The molecule has 0 aromatic rings. The summed E-state index contributed by atoms with van der Waals surface area (Å²) >= 11 is 0. The van der Waals surface area contributed by atoms with E-state index in [4.69, 9.17) is 28.4 Å². The Morgan fingerprint density at radius 1 is 0.727 bits per heavy atom. The van der Waals surface area contributed by atoms with E-state index in [1.54, 1.807) is 0 Å². The zero-order chi connectivity index (χ0) is 24.6. The van der Waals surface area contributed by atoms with Gasteiger partial charge in [0.1, 0.15) is 6.17 Å². The summed E-state index contributed by atoms with van der Waals surface area (Å²) in [4.78, 5) is 11.6. The number of ether oxygens (including phenoxy) is 6. The van der Waals surface area contributed by atoms with Crippen molar-refractivity contribution in [2.45, 2.75) is 46.3 Å². The molecule has 0 saturated heterocycles. The first-order valence-corrected chi connectivity index (χ1v) is 12.1. The van der Waals surface area contributed by atoms with Crippen LogP contribution in [0, 0.1) is 5.92 Å². The van der Waals surface area contributed by atoms with E-state index in [1.165, 1.54) is 0 Å². The second kappa shape index (κ2) is 24.3. The molecule has 0 aliphatic carbocycles. The van der Waals surface area contributed by atoms with Gasteiger partial charge in [0.25, 0.3) is 0 Å². The van der Waals surface area contributed by atoms with Gasteiger partial charge in [0.05, 0.1) is 85.8 Å². The fraction of sp³-hybridized carbons (Fsp3) is 0.957. The number of carbonyl (C=O) groups is 1. The van der Waals surface area contributed by atoms with E-state index in [0.29, 0.717) is 78.7 Å². The molecule has 33 heavy (non-hydrogen) atoms. The van der Waals surface area contributed by atoms with Crippen molar-refractivity contribution in [1.29, 1.82) is 0 Å². The summed E-state index contributed by atoms with van der Waals surface area (Å²) in [6, 6.07) is 0.475. The van der Waals surface area contributed by atoms with Gasteiger partial charge >= 0.3 is 0 Å². The molecule has 0 rings (SSSR count). The summed E-state index contributed by atoms with van der Waals surface area (Å²) in [6.07, 6.45) is -0.493. The Bertz CT molecular complexity index is 434. The summed E-state index contributed by atoms with van der Waals surface area (Å²) in [7, 11) is 0. The maximum atomic E-state index is 13.6. The molecule has 9 nitrogen and oxygen atoms in total. The Labute approximate surface area is 199 Å². The number of hydrogen-bond donors (Lipinski definition) is 2. The third-order valence-electron chi connectivity index (χ3n) is 4.52. The molecular weight excluding hydrogens is 435 g/mol. The normalized spacial score (nSPS) is 13.4. The first-order valence-electron chi connectivity index (χ1n) is 12.1. The molecule has 0 bridgehead atoms. The molecule has 0 heterocycles. The van der Waals surface area contributed by atoms with Crippen molar-refractivity contribution in [3.63, 3.8) is 0 Å². The van der Waals surface area contributed by atoms with Gasteiger partial charge in [-0.3, -0.25) is 4.79 Å². The number of nitrogens with one attached hydrogen (secondary N) is 2. The Balaban J connectivity index is 3.19. The smallest absolute Gasteiger partial charge is 0.222 e. The van der Waals surface area contributed by atoms with Gasteiger partial charge in [-0.2, -0.15) is 0 Å². The van der Waals surface area contributed by atoms with Crippen LogP contribution in [0.4, 0.5) is 4.39 Å². The van der Waals surface area contributed by atoms with Crippen LogP contribution in [0.5, 0.6) is 0 Å². The summed E-state index contributed by atoms with van der Waals surface area (Å²) in [5, 5.41) is 5.86. The molecule has 2 atom stereocenters. The third-order valence-corrected chi connectivity index (χ3v) is 4.52. The Kier molecular flexibility index (Phi) is 23.6. The minimum Gasteiger partial charge on any atom is -0.378 e.